The number of carbonyl (C=O) groups excluding carboxylic acids is 1. The fourth-order valence-electron chi connectivity index (χ4n) is 3.09. The van der Waals surface area contributed by atoms with Crippen molar-refractivity contribution in [3.8, 4) is 16.3 Å². The molecule has 1 heterocycles. The van der Waals surface area contributed by atoms with E-state index in [0.717, 1.165) is 29.0 Å². The first-order chi connectivity index (χ1) is 16.8. The Kier molecular flexibility index (Phi) is 6.71. The van der Waals surface area contributed by atoms with E-state index in [1.54, 1.807) is 37.4 Å². The third-order valence-electron chi connectivity index (χ3n) is 4.75. The van der Waals surface area contributed by atoms with Crippen molar-refractivity contribution in [2.45, 2.75) is 4.90 Å². The van der Waals surface area contributed by atoms with E-state index < -0.39 is 31.4 Å². The van der Waals surface area contributed by atoms with Gasteiger partial charge in [-0.25, -0.2) is 8.42 Å². The summed E-state index contributed by atoms with van der Waals surface area (Å²) in [6.45, 7) is 0. The van der Waals surface area contributed by atoms with E-state index in [4.69, 9.17) is 4.74 Å². The third kappa shape index (κ3) is 5.26. The molecule has 0 fully saturated rings. The van der Waals surface area contributed by atoms with Gasteiger partial charge < -0.3 is 4.74 Å². The summed E-state index contributed by atoms with van der Waals surface area (Å²) in [5.74, 6) is 0.0509. The predicted octanol–water partition coefficient (Wildman–Crippen LogP) is 4.18. The molecule has 0 aliphatic carbocycles. The molecule has 0 saturated carbocycles. The fraction of sp³-hybridized carbons (Fsp3) is 0.0455. The average Bonchev–Trinajstić information content (AvgIpc) is 3.32. The number of nitrogens with zero attached hydrogens (tertiary/aromatic N) is 3. The highest BCUT2D eigenvalue weighted by Gasteiger charge is 2.26. The van der Waals surface area contributed by atoms with Crippen LogP contribution in [0.1, 0.15) is 10.4 Å². The number of nitro groups is 1. The topological polar surface area (TPSA) is 153 Å². The molecule has 0 unspecified atom stereocenters. The summed E-state index contributed by atoms with van der Waals surface area (Å²) in [5, 5.41) is 22.7. The molecule has 3 aromatic carbocycles. The Balaban J connectivity index is 1.56. The summed E-state index contributed by atoms with van der Waals surface area (Å²) in [6.07, 6.45) is 0. The number of ether oxygens (including phenoxy) is 1. The fourth-order valence-corrected chi connectivity index (χ4v) is 5.09. The molecule has 0 aliphatic heterocycles. The van der Waals surface area contributed by atoms with Gasteiger partial charge in [0.05, 0.1) is 23.3 Å². The van der Waals surface area contributed by atoms with E-state index in [1.165, 1.54) is 30.3 Å². The van der Waals surface area contributed by atoms with Crippen LogP contribution >= 0.6 is 11.3 Å². The van der Waals surface area contributed by atoms with Gasteiger partial charge in [-0.05, 0) is 42.5 Å². The maximum atomic E-state index is 12.9. The van der Waals surface area contributed by atoms with Gasteiger partial charge in [-0.3, -0.25) is 24.9 Å². The first-order valence-corrected chi connectivity index (χ1v) is 12.2. The number of methoxy groups -OCH3 is 1. The number of hydrogen-bond donors (Lipinski definition) is 2. The van der Waals surface area contributed by atoms with Gasteiger partial charge in [0.1, 0.15) is 10.8 Å². The summed E-state index contributed by atoms with van der Waals surface area (Å²) in [7, 11) is -2.80. The van der Waals surface area contributed by atoms with Gasteiger partial charge in [0.15, 0.2) is 4.90 Å². The zero-order chi connectivity index (χ0) is 25.0. The Morgan fingerprint density at radius 3 is 2.40 bits per heavy atom. The number of nitrogens with one attached hydrogen (secondary N) is 2. The third-order valence-corrected chi connectivity index (χ3v) is 7.05. The van der Waals surface area contributed by atoms with Crippen LogP contribution in [0.15, 0.2) is 77.7 Å². The number of hydrogen-bond acceptors (Lipinski definition) is 9. The number of benzene rings is 3. The molecule has 0 spiro atoms. The molecule has 0 atom stereocenters. The Morgan fingerprint density at radius 1 is 1.00 bits per heavy atom. The summed E-state index contributed by atoms with van der Waals surface area (Å²) < 4.78 is 33.2. The van der Waals surface area contributed by atoms with Gasteiger partial charge in [0.2, 0.25) is 5.13 Å². The molecule has 0 aliphatic rings. The van der Waals surface area contributed by atoms with Crippen molar-refractivity contribution >= 4 is 43.8 Å². The molecular formula is C22H17N5O6S2. The largest absolute Gasteiger partial charge is 0.497 e. The number of carbonyl (C=O) groups is 1. The molecule has 1 amide bonds. The van der Waals surface area contributed by atoms with E-state index in [0.29, 0.717) is 10.8 Å². The minimum Gasteiger partial charge on any atom is -0.497 e. The van der Waals surface area contributed by atoms with Crippen LogP contribution < -0.4 is 14.8 Å². The lowest BCUT2D eigenvalue weighted by Crippen LogP contribution is -2.19. The zero-order valence-electron chi connectivity index (χ0n) is 18.0. The Labute approximate surface area is 203 Å². The van der Waals surface area contributed by atoms with Gasteiger partial charge >= 0.3 is 0 Å². The molecule has 13 heteroatoms. The average molecular weight is 512 g/mol. The molecule has 2 N–H and O–H groups in total. The highest BCUT2D eigenvalue weighted by atomic mass is 32.2. The van der Waals surface area contributed by atoms with Crippen LogP contribution in [0.25, 0.3) is 10.6 Å². The van der Waals surface area contributed by atoms with Crippen LogP contribution in [0.3, 0.4) is 0 Å². The van der Waals surface area contributed by atoms with Crippen molar-refractivity contribution in [2.24, 2.45) is 0 Å². The lowest BCUT2D eigenvalue weighted by molar-refractivity contribution is -0.387. The Morgan fingerprint density at radius 2 is 1.69 bits per heavy atom. The molecule has 4 rings (SSSR count). The number of nitro benzene ring substituents is 1. The highest BCUT2D eigenvalue weighted by Crippen LogP contribution is 2.30. The Hall–Kier alpha value is -4.36. The first-order valence-electron chi connectivity index (χ1n) is 9.93. The van der Waals surface area contributed by atoms with Crippen LogP contribution in [0.5, 0.6) is 5.75 Å². The monoisotopic (exact) mass is 511 g/mol. The SMILES string of the molecule is COc1ccc(-c2nnc(NC(=O)c3ccccc3NS(=O)(=O)c3ccccc3[N+](=O)[O-])s2)cc1. The second-order valence-electron chi connectivity index (χ2n) is 6.97. The van der Waals surface area contributed by atoms with Crippen LogP contribution in [0.2, 0.25) is 0 Å². The second kappa shape index (κ2) is 9.87. The van der Waals surface area contributed by atoms with Crippen molar-refractivity contribution in [1.82, 2.24) is 10.2 Å². The van der Waals surface area contributed by atoms with Crippen LogP contribution in [-0.4, -0.2) is 36.6 Å². The Bertz CT molecular complexity index is 1500. The van der Waals surface area contributed by atoms with Crippen molar-refractivity contribution in [3.05, 3.63) is 88.5 Å². The van der Waals surface area contributed by atoms with Crippen molar-refractivity contribution < 1.29 is 22.9 Å². The van der Waals surface area contributed by atoms with Crippen LogP contribution in [0.4, 0.5) is 16.5 Å². The second-order valence-corrected chi connectivity index (χ2v) is 9.60. The molecule has 0 bridgehead atoms. The summed E-state index contributed by atoms with van der Waals surface area (Å²) in [5.41, 5.74) is 0.141. The predicted molar refractivity (Wildman–Crippen MR) is 130 cm³/mol. The lowest BCUT2D eigenvalue weighted by Gasteiger charge is -2.12. The maximum absolute atomic E-state index is 12.9. The number of sulfonamides is 1. The molecular weight excluding hydrogens is 494 g/mol. The summed E-state index contributed by atoms with van der Waals surface area (Å²) in [4.78, 5) is 22.9. The van der Waals surface area contributed by atoms with E-state index in [-0.39, 0.29) is 16.4 Å². The van der Waals surface area contributed by atoms with Gasteiger partial charge in [-0.15, -0.1) is 10.2 Å². The van der Waals surface area contributed by atoms with Crippen molar-refractivity contribution in [2.75, 3.05) is 17.1 Å². The van der Waals surface area contributed by atoms with Gasteiger partial charge in [-0.1, -0.05) is 35.6 Å². The molecule has 11 nitrogen and oxygen atoms in total. The first kappa shape index (κ1) is 23.8. The van der Waals surface area contributed by atoms with Gasteiger partial charge in [-0.2, -0.15) is 0 Å². The quantitative estimate of drug-likeness (QED) is 0.264. The summed E-state index contributed by atoms with van der Waals surface area (Å²) >= 11 is 1.13. The standard InChI is InChI=1S/C22H17N5O6S2/c1-33-15-12-10-14(11-13-15)21-24-25-22(34-21)23-20(28)16-6-2-3-7-17(16)26-35(31,32)19-9-5-4-8-18(19)27(29)30/h2-13,26H,1H3,(H,23,25,28). The zero-order valence-corrected chi connectivity index (χ0v) is 19.7. The van der Waals surface area contributed by atoms with Gasteiger partial charge in [0, 0.05) is 11.6 Å². The minimum atomic E-state index is -4.36. The molecule has 4 aromatic rings. The molecule has 0 radical (unpaired) electrons. The molecule has 178 valence electrons. The normalized spacial score (nSPS) is 11.0. The molecule has 35 heavy (non-hydrogen) atoms. The van der Waals surface area contributed by atoms with E-state index >= 15 is 0 Å². The number of aromatic nitrogens is 2. The van der Waals surface area contributed by atoms with Crippen molar-refractivity contribution in [3.63, 3.8) is 0 Å². The summed E-state index contributed by atoms with van der Waals surface area (Å²) in [6, 6.07) is 18.0. The van der Waals surface area contributed by atoms with Crippen LogP contribution in [0, 0.1) is 10.1 Å². The molecule has 0 saturated heterocycles. The number of rotatable bonds is 8. The lowest BCUT2D eigenvalue weighted by atomic mass is 10.2. The number of amides is 1. The van der Waals surface area contributed by atoms with E-state index in [9.17, 15) is 23.3 Å². The van der Waals surface area contributed by atoms with Gasteiger partial charge in [0.25, 0.3) is 21.6 Å². The number of anilines is 2. The minimum absolute atomic E-state index is 0.00384. The van der Waals surface area contributed by atoms with E-state index in [1.807, 2.05) is 0 Å². The maximum Gasteiger partial charge on any atom is 0.289 e. The van der Waals surface area contributed by atoms with E-state index in [2.05, 4.69) is 20.2 Å². The smallest absolute Gasteiger partial charge is 0.289 e. The van der Waals surface area contributed by atoms with Crippen molar-refractivity contribution in [1.29, 1.82) is 0 Å². The highest BCUT2D eigenvalue weighted by molar-refractivity contribution is 7.92. The number of para-hydroxylation sites is 2. The van der Waals surface area contributed by atoms with Crippen LogP contribution in [-0.2, 0) is 10.0 Å². The molecule has 1 aromatic heterocycles.